The molecule has 0 aliphatic rings. The molecule has 2 aromatic carbocycles. The number of rotatable bonds is 6. The quantitative estimate of drug-likeness (QED) is 0.483. The van der Waals surface area contributed by atoms with Crippen LogP contribution in [0.25, 0.3) is 0 Å². The Balaban J connectivity index is 1.57. The zero-order chi connectivity index (χ0) is 19.2. The molecule has 0 spiro atoms. The molecule has 0 bridgehead atoms. The van der Waals surface area contributed by atoms with Gasteiger partial charge in [0.2, 0.25) is 11.7 Å². The zero-order valence-corrected chi connectivity index (χ0v) is 14.7. The van der Waals surface area contributed by atoms with Crippen LogP contribution in [-0.2, 0) is 11.3 Å². The lowest BCUT2D eigenvalue weighted by Gasteiger charge is -2.07. The van der Waals surface area contributed by atoms with Crippen LogP contribution in [0.1, 0.15) is 32.4 Å². The first kappa shape index (κ1) is 18.1. The number of hydrogen-bond acceptors (Lipinski definition) is 8. The average molecular weight is 368 g/mol. The van der Waals surface area contributed by atoms with Gasteiger partial charge in [-0.1, -0.05) is 5.16 Å². The van der Waals surface area contributed by atoms with E-state index in [4.69, 9.17) is 14.0 Å². The number of aryl methyl sites for hydroxylation is 1. The number of carbonyl (C=O) groups excluding carboxylic acids is 2. The van der Waals surface area contributed by atoms with Crippen LogP contribution in [-0.4, -0.2) is 29.2 Å². The molecule has 27 heavy (non-hydrogen) atoms. The van der Waals surface area contributed by atoms with Crippen LogP contribution in [0.3, 0.4) is 0 Å². The molecule has 8 heteroatoms. The van der Waals surface area contributed by atoms with Crippen LogP contribution in [0.2, 0.25) is 0 Å². The number of nitrogens with zero attached hydrogens (tertiary/aromatic N) is 2. The van der Waals surface area contributed by atoms with E-state index in [1.807, 2.05) is 0 Å². The van der Waals surface area contributed by atoms with Crippen molar-refractivity contribution in [1.82, 2.24) is 10.1 Å². The van der Waals surface area contributed by atoms with Gasteiger partial charge in [0.05, 0.1) is 18.2 Å². The first-order chi connectivity index (χ1) is 13.0. The molecule has 138 valence electrons. The summed E-state index contributed by atoms with van der Waals surface area (Å²) in [5, 5.41) is 3.73. The van der Waals surface area contributed by atoms with Crippen molar-refractivity contribution in [3.8, 4) is 11.5 Å². The third-order valence-electron chi connectivity index (χ3n) is 3.51. The third-order valence-corrected chi connectivity index (χ3v) is 3.51. The zero-order valence-electron chi connectivity index (χ0n) is 14.7. The van der Waals surface area contributed by atoms with Gasteiger partial charge in [-0.05, 0) is 48.5 Å². The van der Waals surface area contributed by atoms with Crippen molar-refractivity contribution >= 4 is 11.9 Å². The number of aromatic nitrogens is 2. The summed E-state index contributed by atoms with van der Waals surface area (Å²) in [5.41, 5.74) is 0.727. The fourth-order valence-electron chi connectivity index (χ4n) is 2.18. The van der Waals surface area contributed by atoms with E-state index < -0.39 is 11.9 Å². The molecule has 0 amide bonds. The molecular weight excluding hydrogens is 352 g/mol. The minimum atomic E-state index is -0.527. The third kappa shape index (κ3) is 4.69. The predicted octanol–water partition coefficient (Wildman–Crippen LogP) is 2.96. The summed E-state index contributed by atoms with van der Waals surface area (Å²) < 4.78 is 20.3. The van der Waals surface area contributed by atoms with Crippen LogP contribution in [0, 0.1) is 6.92 Å². The molecule has 0 atom stereocenters. The van der Waals surface area contributed by atoms with E-state index in [1.54, 1.807) is 31.2 Å². The molecule has 0 fully saturated rings. The van der Waals surface area contributed by atoms with Gasteiger partial charge in [-0.2, -0.15) is 4.98 Å². The molecule has 0 saturated carbocycles. The summed E-state index contributed by atoms with van der Waals surface area (Å²) >= 11 is 0. The average Bonchev–Trinajstić information content (AvgIpc) is 3.12. The van der Waals surface area contributed by atoms with Gasteiger partial charge in [-0.3, -0.25) is 0 Å². The number of esters is 2. The Hall–Kier alpha value is -3.68. The van der Waals surface area contributed by atoms with Gasteiger partial charge >= 0.3 is 11.9 Å². The van der Waals surface area contributed by atoms with Gasteiger partial charge in [-0.25, -0.2) is 9.59 Å². The molecule has 3 rings (SSSR count). The minimum Gasteiger partial charge on any atom is -0.485 e. The summed E-state index contributed by atoms with van der Waals surface area (Å²) in [6, 6.07) is 12.5. The largest absolute Gasteiger partial charge is 0.485 e. The molecule has 1 aromatic heterocycles. The maximum atomic E-state index is 12.2. The molecular formula is C19H16N2O6. The summed E-state index contributed by atoms with van der Waals surface area (Å²) in [7, 11) is 1.30. The summed E-state index contributed by atoms with van der Waals surface area (Å²) in [5.74, 6) is 0.787. The van der Waals surface area contributed by atoms with E-state index in [0.29, 0.717) is 34.3 Å². The van der Waals surface area contributed by atoms with E-state index in [1.165, 1.54) is 31.4 Å². The Morgan fingerprint density at radius 3 is 2.07 bits per heavy atom. The van der Waals surface area contributed by atoms with E-state index in [9.17, 15) is 9.59 Å². The molecule has 0 unspecified atom stereocenters. The second-order valence-electron chi connectivity index (χ2n) is 5.45. The maximum absolute atomic E-state index is 12.2. The standard InChI is InChI=1S/C19H16N2O6/c1-12-20-17(21-27-12)11-25-15-7-3-14(4-8-15)19(23)26-16-9-5-13(6-10-16)18(22)24-2/h3-10H,11H2,1-2H3. The van der Waals surface area contributed by atoms with Crippen molar-refractivity contribution in [2.45, 2.75) is 13.5 Å². The maximum Gasteiger partial charge on any atom is 0.343 e. The molecule has 1 heterocycles. The lowest BCUT2D eigenvalue weighted by molar-refractivity contribution is 0.0600. The Morgan fingerprint density at radius 2 is 1.52 bits per heavy atom. The van der Waals surface area contributed by atoms with Crippen molar-refractivity contribution in [2.24, 2.45) is 0 Å². The molecule has 0 N–H and O–H groups in total. The van der Waals surface area contributed by atoms with Crippen molar-refractivity contribution in [3.63, 3.8) is 0 Å². The second-order valence-corrected chi connectivity index (χ2v) is 5.45. The van der Waals surface area contributed by atoms with Gasteiger partial charge in [-0.15, -0.1) is 0 Å². The second kappa shape index (κ2) is 8.13. The summed E-state index contributed by atoms with van der Waals surface area (Å²) in [6.07, 6.45) is 0. The van der Waals surface area contributed by atoms with E-state index in [-0.39, 0.29) is 6.61 Å². The van der Waals surface area contributed by atoms with Crippen LogP contribution < -0.4 is 9.47 Å². The van der Waals surface area contributed by atoms with E-state index in [0.717, 1.165) is 0 Å². The normalized spacial score (nSPS) is 10.3. The monoisotopic (exact) mass is 368 g/mol. The highest BCUT2D eigenvalue weighted by molar-refractivity contribution is 5.92. The smallest absolute Gasteiger partial charge is 0.343 e. The van der Waals surface area contributed by atoms with Crippen LogP contribution in [0.15, 0.2) is 53.1 Å². The summed E-state index contributed by atoms with van der Waals surface area (Å²) in [6.45, 7) is 1.85. The first-order valence-electron chi connectivity index (χ1n) is 7.98. The number of methoxy groups -OCH3 is 1. The number of benzene rings is 2. The first-order valence-corrected chi connectivity index (χ1v) is 7.98. The Kier molecular flexibility index (Phi) is 5.46. The van der Waals surface area contributed by atoms with Crippen molar-refractivity contribution in [3.05, 3.63) is 71.4 Å². The number of hydrogen-bond donors (Lipinski definition) is 0. The van der Waals surface area contributed by atoms with E-state index in [2.05, 4.69) is 14.9 Å². The highest BCUT2D eigenvalue weighted by atomic mass is 16.5. The predicted molar refractivity (Wildman–Crippen MR) is 92.5 cm³/mol. The van der Waals surface area contributed by atoms with Crippen molar-refractivity contribution < 1.29 is 28.3 Å². The Bertz CT molecular complexity index is 932. The summed E-state index contributed by atoms with van der Waals surface area (Å²) in [4.78, 5) is 27.6. The SMILES string of the molecule is COC(=O)c1ccc(OC(=O)c2ccc(OCc3noc(C)n3)cc2)cc1. The highest BCUT2D eigenvalue weighted by Crippen LogP contribution is 2.17. The molecule has 8 nitrogen and oxygen atoms in total. The van der Waals surface area contributed by atoms with Crippen molar-refractivity contribution in [2.75, 3.05) is 7.11 Å². The Labute approximate surface area is 154 Å². The fourth-order valence-corrected chi connectivity index (χ4v) is 2.18. The highest BCUT2D eigenvalue weighted by Gasteiger charge is 2.11. The molecule has 0 radical (unpaired) electrons. The van der Waals surface area contributed by atoms with Crippen molar-refractivity contribution in [1.29, 1.82) is 0 Å². The van der Waals surface area contributed by atoms with Gasteiger partial charge < -0.3 is 18.7 Å². The Morgan fingerprint density at radius 1 is 0.926 bits per heavy atom. The van der Waals surface area contributed by atoms with Gasteiger partial charge in [0.1, 0.15) is 11.5 Å². The number of ether oxygens (including phenoxy) is 3. The van der Waals surface area contributed by atoms with Gasteiger partial charge in [0.25, 0.3) is 0 Å². The van der Waals surface area contributed by atoms with Crippen LogP contribution >= 0.6 is 0 Å². The molecule has 3 aromatic rings. The topological polar surface area (TPSA) is 101 Å². The lowest BCUT2D eigenvalue weighted by Crippen LogP contribution is -2.09. The molecule has 0 aliphatic heterocycles. The minimum absolute atomic E-state index is 0.160. The van der Waals surface area contributed by atoms with Gasteiger partial charge in [0.15, 0.2) is 6.61 Å². The molecule has 0 aliphatic carbocycles. The molecule has 0 saturated heterocycles. The number of carbonyl (C=O) groups is 2. The van der Waals surface area contributed by atoms with E-state index >= 15 is 0 Å². The van der Waals surface area contributed by atoms with Crippen LogP contribution in [0.5, 0.6) is 11.5 Å². The van der Waals surface area contributed by atoms with Gasteiger partial charge in [0, 0.05) is 6.92 Å². The van der Waals surface area contributed by atoms with Crippen LogP contribution in [0.4, 0.5) is 0 Å². The fraction of sp³-hybridized carbons (Fsp3) is 0.158. The lowest BCUT2D eigenvalue weighted by atomic mass is 10.2.